The highest BCUT2D eigenvalue weighted by molar-refractivity contribution is 7.99. The van der Waals surface area contributed by atoms with Crippen molar-refractivity contribution in [2.45, 2.75) is 28.7 Å². The van der Waals surface area contributed by atoms with Gasteiger partial charge in [0, 0.05) is 23.3 Å². The molecule has 1 saturated heterocycles. The third-order valence-electron chi connectivity index (χ3n) is 4.19. The minimum absolute atomic E-state index is 0.160. The summed E-state index contributed by atoms with van der Waals surface area (Å²) in [6.07, 6.45) is 1.53. The molecule has 1 N–H and O–H groups in total. The van der Waals surface area contributed by atoms with Gasteiger partial charge in [0.2, 0.25) is 5.91 Å². The zero-order valence-corrected chi connectivity index (χ0v) is 12.6. The summed E-state index contributed by atoms with van der Waals surface area (Å²) in [7, 11) is 2.11. The van der Waals surface area contributed by atoms with Crippen molar-refractivity contribution >= 4 is 29.0 Å². The Balaban J connectivity index is 1.72. The van der Waals surface area contributed by atoms with Gasteiger partial charge in [-0.25, -0.2) is 0 Å². The van der Waals surface area contributed by atoms with Crippen LogP contribution in [-0.2, 0) is 4.79 Å². The summed E-state index contributed by atoms with van der Waals surface area (Å²) >= 11 is 1.81. The molecule has 1 fully saturated rings. The lowest BCUT2D eigenvalue weighted by molar-refractivity contribution is -0.119. The van der Waals surface area contributed by atoms with E-state index < -0.39 is 0 Å². The Morgan fingerprint density at radius 1 is 1.14 bits per heavy atom. The van der Waals surface area contributed by atoms with Crippen molar-refractivity contribution in [3.63, 3.8) is 0 Å². The lowest BCUT2D eigenvalue weighted by Crippen LogP contribution is -2.19. The molecule has 4 heteroatoms. The SMILES string of the molecule is CN1c2ccccc2Sc2cc(C3CCC(=O)N3)ccc21. The number of carbonyl (C=O) groups is 1. The minimum atomic E-state index is 0.160. The van der Waals surface area contributed by atoms with Crippen molar-refractivity contribution in [1.29, 1.82) is 0 Å². The van der Waals surface area contributed by atoms with Crippen LogP contribution in [0.2, 0.25) is 0 Å². The summed E-state index contributed by atoms with van der Waals surface area (Å²) in [5, 5.41) is 3.05. The molecule has 1 amide bonds. The van der Waals surface area contributed by atoms with Crippen LogP contribution < -0.4 is 10.2 Å². The van der Waals surface area contributed by atoms with Crippen molar-refractivity contribution in [3.8, 4) is 0 Å². The molecule has 0 bridgehead atoms. The number of hydrogen-bond acceptors (Lipinski definition) is 3. The van der Waals surface area contributed by atoms with Gasteiger partial charge in [0.15, 0.2) is 0 Å². The predicted molar refractivity (Wildman–Crippen MR) is 85.2 cm³/mol. The largest absolute Gasteiger partial charge is 0.349 e. The number of para-hydroxylation sites is 1. The highest BCUT2D eigenvalue weighted by Crippen LogP contribution is 2.48. The zero-order valence-electron chi connectivity index (χ0n) is 11.8. The van der Waals surface area contributed by atoms with E-state index in [4.69, 9.17) is 0 Å². The van der Waals surface area contributed by atoms with E-state index in [0.29, 0.717) is 6.42 Å². The number of benzene rings is 2. The lowest BCUT2D eigenvalue weighted by Gasteiger charge is -2.30. The van der Waals surface area contributed by atoms with E-state index in [1.807, 2.05) is 0 Å². The molecule has 0 spiro atoms. The fourth-order valence-electron chi connectivity index (χ4n) is 3.04. The van der Waals surface area contributed by atoms with Gasteiger partial charge in [-0.15, -0.1) is 0 Å². The summed E-state index contributed by atoms with van der Waals surface area (Å²) in [6, 6.07) is 15.2. The molecule has 2 heterocycles. The molecule has 106 valence electrons. The van der Waals surface area contributed by atoms with Gasteiger partial charge in [-0.2, -0.15) is 0 Å². The Kier molecular flexibility index (Phi) is 2.93. The molecular formula is C17H16N2OS. The van der Waals surface area contributed by atoms with Gasteiger partial charge in [-0.3, -0.25) is 4.79 Å². The van der Waals surface area contributed by atoms with Gasteiger partial charge in [0.05, 0.1) is 17.4 Å². The van der Waals surface area contributed by atoms with Crippen molar-refractivity contribution in [1.82, 2.24) is 5.32 Å². The number of amides is 1. The van der Waals surface area contributed by atoms with Crippen LogP contribution in [-0.4, -0.2) is 13.0 Å². The predicted octanol–water partition coefficient (Wildman–Crippen LogP) is 3.87. The highest BCUT2D eigenvalue weighted by Gasteiger charge is 2.25. The van der Waals surface area contributed by atoms with Gasteiger partial charge in [0.1, 0.15) is 0 Å². The Morgan fingerprint density at radius 3 is 2.76 bits per heavy atom. The summed E-state index contributed by atoms with van der Waals surface area (Å²) in [4.78, 5) is 16.2. The number of anilines is 2. The molecule has 0 saturated carbocycles. The van der Waals surface area contributed by atoms with E-state index in [-0.39, 0.29) is 11.9 Å². The van der Waals surface area contributed by atoms with Gasteiger partial charge in [-0.1, -0.05) is 30.0 Å². The van der Waals surface area contributed by atoms with Gasteiger partial charge < -0.3 is 10.2 Å². The molecule has 0 aromatic heterocycles. The molecule has 2 aliphatic rings. The number of fused-ring (bicyclic) bond motifs is 2. The maximum absolute atomic E-state index is 11.4. The molecule has 4 rings (SSSR count). The lowest BCUT2D eigenvalue weighted by atomic mass is 10.0. The topological polar surface area (TPSA) is 32.3 Å². The van der Waals surface area contributed by atoms with E-state index in [1.54, 1.807) is 11.8 Å². The molecule has 0 radical (unpaired) electrons. The second kappa shape index (κ2) is 4.81. The number of hydrogen-bond donors (Lipinski definition) is 1. The molecule has 1 atom stereocenters. The molecule has 3 nitrogen and oxygen atoms in total. The van der Waals surface area contributed by atoms with Crippen LogP contribution in [0.25, 0.3) is 0 Å². The van der Waals surface area contributed by atoms with E-state index in [2.05, 4.69) is 59.7 Å². The quantitative estimate of drug-likeness (QED) is 0.867. The number of nitrogens with zero attached hydrogens (tertiary/aromatic N) is 1. The van der Waals surface area contributed by atoms with Crippen LogP contribution >= 0.6 is 11.8 Å². The van der Waals surface area contributed by atoms with Gasteiger partial charge >= 0.3 is 0 Å². The first-order valence-corrected chi connectivity index (χ1v) is 7.98. The molecule has 2 aromatic carbocycles. The van der Waals surface area contributed by atoms with Crippen LogP contribution in [0, 0.1) is 0 Å². The maximum atomic E-state index is 11.4. The molecule has 21 heavy (non-hydrogen) atoms. The summed E-state index contributed by atoms with van der Waals surface area (Å²) in [5.41, 5.74) is 3.68. The fraction of sp³-hybridized carbons (Fsp3) is 0.235. The Labute approximate surface area is 128 Å². The third kappa shape index (κ3) is 2.10. The van der Waals surface area contributed by atoms with Crippen molar-refractivity contribution < 1.29 is 4.79 Å². The van der Waals surface area contributed by atoms with E-state index >= 15 is 0 Å². The highest BCUT2D eigenvalue weighted by atomic mass is 32.2. The van der Waals surface area contributed by atoms with Crippen molar-refractivity contribution in [2.75, 3.05) is 11.9 Å². The summed E-state index contributed by atoms with van der Waals surface area (Å²) < 4.78 is 0. The zero-order chi connectivity index (χ0) is 14.4. The van der Waals surface area contributed by atoms with Crippen LogP contribution in [0.5, 0.6) is 0 Å². The first-order valence-electron chi connectivity index (χ1n) is 7.16. The van der Waals surface area contributed by atoms with Crippen LogP contribution in [0.3, 0.4) is 0 Å². The molecule has 2 aliphatic heterocycles. The normalized spacial score (nSPS) is 20.0. The first-order chi connectivity index (χ1) is 10.2. The molecule has 1 unspecified atom stereocenters. The van der Waals surface area contributed by atoms with Gasteiger partial charge in [0.25, 0.3) is 0 Å². The molecular weight excluding hydrogens is 280 g/mol. The second-order valence-corrected chi connectivity index (χ2v) is 6.60. The maximum Gasteiger partial charge on any atom is 0.220 e. The van der Waals surface area contributed by atoms with Crippen LogP contribution in [0.15, 0.2) is 52.3 Å². The van der Waals surface area contributed by atoms with Crippen molar-refractivity contribution in [2.24, 2.45) is 0 Å². The summed E-state index contributed by atoms with van der Waals surface area (Å²) in [5.74, 6) is 0.160. The van der Waals surface area contributed by atoms with E-state index in [1.165, 1.54) is 26.7 Å². The summed E-state index contributed by atoms with van der Waals surface area (Å²) in [6.45, 7) is 0. The second-order valence-electron chi connectivity index (χ2n) is 5.51. The average molecular weight is 296 g/mol. The van der Waals surface area contributed by atoms with Crippen molar-refractivity contribution in [3.05, 3.63) is 48.0 Å². The monoisotopic (exact) mass is 296 g/mol. The average Bonchev–Trinajstić information content (AvgIpc) is 2.94. The molecule has 0 aliphatic carbocycles. The first kappa shape index (κ1) is 12.8. The van der Waals surface area contributed by atoms with E-state index in [0.717, 1.165) is 6.42 Å². The van der Waals surface area contributed by atoms with Crippen LogP contribution in [0.4, 0.5) is 11.4 Å². The number of nitrogens with one attached hydrogen (secondary N) is 1. The Morgan fingerprint density at radius 2 is 1.95 bits per heavy atom. The fourth-order valence-corrected chi connectivity index (χ4v) is 4.24. The van der Waals surface area contributed by atoms with Crippen LogP contribution in [0.1, 0.15) is 24.4 Å². The number of rotatable bonds is 1. The standard InChI is InChI=1S/C17H16N2OS/c1-19-13-4-2-3-5-15(13)21-16-10-11(6-8-14(16)19)12-7-9-17(20)18-12/h2-6,8,10,12H,7,9H2,1H3,(H,18,20). The smallest absolute Gasteiger partial charge is 0.220 e. The Hall–Kier alpha value is -1.94. The molecule has 2 aromatic rings. The minimum Gasteiger partial charge on any atom is -0.349 e. The number of carbonyl (C=O) groups excluding carboxylic acids is 1. The third-order valence-corrected chi connectivity index (χ3v) is 5.30. The van der Waals surface area contributed by atoms with E-state index in [9.17, 15) is 4.79 Å². The van der Waals surface area contributed by atoms with Gasteiger partial charge in [-0.05, 0) is 36.2 Å². The Bertz CT molecular complexity index is 728.